The van der Waals surface area contributed by atoms with Crippen LogP contribution in [0.3, 0.4) is 0 Å². The number of amides is 1. The lowest BCUT2D eigenvalue weighted by molar-refractivity contribution is -0.140. The second kappa shape index (κ2) is 6.24. The highest BCUT2D eigenvalue weighted by atomic mass is 19.1. The van der Waals surface area contributed by atoms with Gasteiger partial charge in [0.05, 0.1) is 0 Å². The molecular weight excluding hydrogens is 283 g/mol. The maximum absolute atomic E-state index is 13.4. The molecule has 1 saturated carbocycles. The third-order valence-corrected chi connectivity index (χ3v) is 4.78. The van der Waals surface area contributed by atoms with Gasteiger partial charge in [0.25, 0.3) is 5.91 Å². The average Bonchev–Trinajstić information content (AvgIpc) is 2.96. The molecule has 1 unspecified atom stereocenters. The molecule has 3 rings (SSSR count). The fourth-order valence-electron chi connectivity index (χ4n) is 3.51. The molecule has 5 heteroatoms. The third-order valence-electron chi connectivity index (χ3n) is 4.78. The molecule has 1 aliphatic heterocycles. The van der Waals surface area contributed by atoms with E-state index in [-0.39, 0.29) is 17.8 Å². The number of carbonyl (C=O) groups is 1. The van der Waals surface area contributed by atoms with Gasteiger partial charge in [0, 0.05) is 24.8 Å². The molecule has 2 N–H and O–H groups in total. The quantitative estimate of drug-likeness (QED) is 0.900. The average molecular weight is 306 g/mol. The van der Waals surface area contributed by atoms with Crippen LogP contribution in [0.4, 0.5) is 10.1 Å². The van der Waals surface area contributed by atoms with Gasteiger partial charge in [0.2, 0.25) is 0 Å². The summed E-state index contributed by atoms with van der Waals surface area (Å²) in [4.78, 5) is 14.4. The van der Waals surface area contributed by atoms with Crippen molar-refractivity contribution in [1.82, 2.24) is 5.32 Å². The fraction of sp³-hybridized carbons (Fsp3) is 0.588. The van der Waals surface area contributed by atoms with Gasteiger partial charge < -0.3 is 15.3 Å². The van der Waals surface area contributed by atoms with E-state index in [1.165, 1.54) is 12.1 Å². The first kappa shape index (κ1) is 15.3. The highest BCUT2D eigenvalue weighted by Gasteiger charge is 2.39. The first-order valence-corrected chi connectivity index (χ1v) is 8.11. The highest BCUT2D eigenvalue weighted by molar-refractivity contribution is 5.85. The van der Waals surface area contributed by atoms with E-state index in [4.69, 9.17) is 0 Å². The van der Waals surface area contributed by atoms with Gasteiger partial charge in [-0.1, -0.05) is 6.07 Å². The van der Waals surface area contributed by atoms with Gasteiger partial charge in [-0.05, 0) is 56.7 Å². The van der Waals surface area contributed by atoms with Crippen molar-refractivity contribution < 1.29 is 14.3 Å². The predicted molar refractivity (Wildman–Crippen MR) is 83.2 cm³/mol. The van der Waals surface area contributed by atoms with Crippen molar-refractivity contribution in [2.45, 2.75) is 50.2 Å². The molecule has 0 aromatic heterocycles. The second-order valence-corrected chi connectivity index (χ2v) is 6.48. The first-order chi connectivity index (χ1) is 10.6. The summed E-state index contributed by atoms with van der Waals surface area (Å²) in [6.45, 7) is 1.52. The molecule has 1 amide bonds. The minimum atomic E-state index is -1.18. The Morgan fingerprint density at radius 2 is 2.09 bits per heavy atom. The zero-order chi connectivity index (χ0) is 15.6. The summed E-state index contributed by atoms with van der Waals surface area (Å²) in [6, 6.07) is 6.55. The lowest BCUT2D eigenvalue weighted by atomic mass is 9.99. The molecule has 1 heterocycles. The number of nitrogens with one attached hydrogen (secondary N) is 1. The van der Waals surface area contributed by atoms with Gasteiger partial charge in [-0.25, -0.2) is 4.39 Å². The number of nitrogens with zero attached hydrogens (tertiary/aromatic N) is 1. The van der Waals surface area contributed by atoms with Crippen LogP contribution >= 0.6 is 0 Å². The largest absolute Gasteiger partial charge is 0.380 e. The molecule has 1 aromatic rings. The molecule has 1 atom stereocenters. The number of carbonyl (C=O) groups excluding carboxylic acids is 1. The number of piperidine rings is 1. The molecular formula is C17H23FN2O2. The summed E-state index contributed by atoms with van der Waals surface area (Å²) in [7, 11) is 0. The van der Waals surface area contributed by atoms with Crippen molar-refractivity contribution in [2.24, 2.45) is 0 Å². The van der Waals surface area contributed by atoms with Gasteiger partial charge in [0.15, 0.2) is 0 Å². The molecule has 0 bridgehead atoms. The minimum Gasteiger partial charge on any atom is -0.380 e. The predicted octanol–water partition coefficient (Wildman–Crippen LogP) is 2.22. The van der Waals surface area contributed by atoms with E-state index in [1.807, 2.05) is 6.07 Å². The number of aliphatic hydroxyl groups is 1. The number of halogens is 1. The number of hydrogen-bond donors (Lipinski definition) is 2. The Kier molecular flexibility index (Phi) is 4.34. The second-order valence-electron chi connectivity index (χ2n) is 6.48. The summed E-state index contributed by atoms with van der Waals surface area (Å²) >= 11 is 0. The SMILES string of the molecule is O=C(NC1CCCN(c2cccc(F)c2)C1)C1(O)CCCC1. The van der Waals surface area contributed by atoms with Crippen molar-refractivity contribution in [2.75, 3.05) is 18.0 Å². The molecule has 22 heavy (non-hydrogen) atoms. The van der Waals surface area contributed by atoms with Gasteiger partial charge in [0.1, 0.15) is 11.4 Å². The summed E-state index contributed by atoms with van der Waals surface area (Å²) in [5, 5.41) is 13.3. The van der Waals surface area contributed by atoms with Crippen LogP contribution in [0.1, 0.15) is 38.5 Å². The van der Waals surface area contributed by atoms with Crippen LogP contribution in [-0.4, -0.2) is 35.7 Å². The zero-order valence-corrected chi connectivity index (χ0v) is 12.7. The Balaban J connectivity index is 1.62. The van der Waals surface area contributed by atoms with Crippen LogP contribution in [0, 0.1) is 5.82 Å². The van der Waals surface area contributed by atoms with Crippen LogP contribution in [0.2, 0.25) is 0 Å². The van der Waals surface area contributed by atoms with E-state index in [1.54, 1.807) is 6.07 Å². The lowest BCUT2D eigenvalue weighted by Crippen LogP contribution is -2.53. The fourth-order valence-corrected chi connectivity index (χ4v) is 3.51. The van der Waals surface area contributed by atoms with E-state index in [0.29, 0.717) is 19.4 Å². The summed E-state index contributed by atoms with van der Waals surface area (Å²) in [6.07, 6.45) is 4.76. The Hall–Kier alpha value is -1.62. The molecule has 2 fully saturated rings. The summed E-state index contributed by atoms with van der Waals surface area (Å²) in [5.41, 5.74) is -0.334. The van der Waals surface area contributed by atoms with Gasteiger partial charge >= 0.3 is 0 Å². The molecule has 0 spiro atoms. The lowest BCUT2D eigenvalue weighted by Gasteiger charge is -2.36. The summed E-state index contributed by atoms with van der Waals surface area (Å²) in [5.74, 6) is -0.486. The van der Waals surface area contributed by atoms with Crippen LogP contribution in [-0.2, 0) is 4.79 Å². The van der Waals surface area contributed by atoms with Crippen molar-refractivity contribution in [3.8, 4) is 0 Å². The molecule has 2 aliphatic rings. The molecule has 1 saturated heterocycles. The normalized spacial score (nSPS) is 24.3. The maximum atomic E-state index is 13.4. The molecule has 0 radical (unpaired) electrons. The third kappa shape index (κ3) is 3.24. The highest BCUT2D eigenvalue weighted by Crippen LogP contribution is 2.30. The number of benzene rings is 1. The van der Waals surface area contributed by atoms with Gasteiger partial charge in [-0.2, -0.15) is 0 Å². The van der Waals surface area contributed by atoms with Crippen molar-refractivity contribution in [3.05, 3.63) is 30.1 Å². The standard InChI is InChI=1S/C17H23FN2O2/c18-13-5-3-7-15(11-13)20-10-4-6-14(12-20)19-16(21)17(22)8-1-2-9-17/h3,5,7,11,14,22H,1-2,4,6,8-10,12H2,(H,19,21). The van der Waals surface area contributed by atoms with Crippen molar-refractivity contribution >= 4 is 11.6 Å². The Bertz CT molecular complexity index is 543. The maximum Gasteiger partial charge on any atom is 0.252 e. The van der Waals surface area contributed by atoms with E-state index in [9.17, 15) is 14.3 Å². The van der Waals surface area contributed by atoms with Crippen LogP contribution < -0.4 is 10.2 Å². The monoisotopic (exact) mass is 306 g/mol. The first-order valence-electron chi connectivity index (χ1n) is 8.11. The number of hydrogen-bond acceptors (Lipinski definition) is 3. The van der Waals surface area contributed by atoms with E-state index in [2.05, 4.69) is 10.2 Å². The molecule has 120 valence electrons. The zero-order valence-electron chi connectivity index (χ0n) is 12.7. The smallest absolute Gasteiger partial charge is 0.252 e. The van der Waals surface area contributed by atoms with E-state index in [0.717, 1.165) is 37.9 Å². The number of anilines is 1. The van der Waals surface area contributed by atoms with Crippen molar-refractivity contribution in [3.63, 3.8) is 0 Å². The molecule has 1 aliphatic carbocycles. The van der Waals surface area contributed by atoms with Crippen LogP contribution in [0.25, 0.3) is 0 Å². The summed E-state index contributed by atoms with van der Waals surface area (Å²) < 4.78 is 13.4. The van der Waals surface area contributed by atoms with Gasteiger partial charge in [-0.3, -0.25) is 4.79 Å². The van der Waals surface area contributed by atoms with Crippen molar-refractivity contribution in [1.29, 1.82) is 0 Å². The minimum absolute atomic E-state index is 0.00847. The molecule has 4 nitrogen and oxygen atoms in total. The van der Waals surface area contributed by atoms with Crippen LogP contribution in [0.5, 0.6) is 0 Å². The van der Waals surface area contributed by atoms with E-state index >= 15 is 0 Å². The Morgan fingerprint density at radius 3 is 2.82 bits per heavy atom. The van der Waals surface area contributed by atoms with Gasteiger partial charge in [-0.15, -0.1) is 0 Å². The molecule has 1 aromatic carbocycles. The number of rotatable bonds is 3. The Labute approximate surface area is 130 Å². The topological polar surface area (TPSA) is 52.6 Å². The van der Waals surface area contributed by atoms with Crippen LogP contribution in [0.15, 0.2) is 24.3 Å². The Morgan fingerprint density at radius 1 is 1.32 bits per heavy atom. The van der Waals surface area contributed by atoms with E-state index < -0.39 is 5.60 Å².